The maximum Gasteiger partial charge on any atom is 0.101 e. The number of hydrogen-bond acceptors (Lipinski definition) is 3. The molecule has 3 heteroatoms. The summed E-state index contributed by atoms with van der Waals surface area (Å²) in [5.74, 6) is 0. The lowest BCUT2D eigenvalue weighted by Gasteiger charge is -2.45. The largest absolute Gasteiger partial charge is 0.398 e. The quantitative estimate of drug-likeness (QED) is 0.794. The molecule has 1 aromatic rings. The number of benzene rings is 1. The van der Waals surface area contributed by atoms with Crippen LogP contribution in [0, 0.1) is 22.2 Å². The fraction of sp³-hybridized carbons (Fsp3) is 0.588. The SMILES string of the molecule is CC1(C)CC(Nc2ccc(C#N)c(N)c2)CC(C)(C)C1. The Kier molecular flexibility index (Phi) is 3.69. The van der Waals surface area contributed by atoms with Gasteiger partial charge in [-0.05, 0) is 48.3 Å². The van der Waals surface area contributed by atoms with Crippen molar-refractivity contribution in [2.24, 2.45) is 10.8 Å². The summed E-state index contributed by atoms with van der Waals surface area (Å²) in [6.45, 7) is 9.37. The third-order valence-electron chi connectivity index (χ3n) is 4.10. The van der Waals surface area contributed by atoms with Crippen LogP contribution >= 0.6 is 0 Å². The zero-order chi connectivity index (χ0) is 15.0. The molecule has 0 spiro atoms. The third-order valence-corrected chi connectivity index (χ3v) is 4.10. The molecule has 1 aliphatic carbocycles. The van der Waals surface area contributed by atoms with Crippen LogP contribution in [0.1, 0.15) is 52.5 Å². The monoisotopic (exact) mass is 271 g/mol. The Hall–Kier alpha value is -1.69. The van der Waals surface area contributed by atoms with Crippen LogP contribution in [0.4, 0.5) is 11.4 Å². The van der Waals surface area contributed by atoms with Crippen molar-refractivity contribution in [3.8, 4) is 6.07 Å². The average molecular weight is 271 g/mol. The van der Waals surface area contributed by atoms with Gasteiger partial charge in [0.05, 0.1) is 11.3 Å². The highest BCUT2D eigenvalue weighted by atomic mass is 14.9. The van der Waals surface area contributed by atoms with E-state index in [2.05, 4.69) is 39.1 Å². The molecule has 0 atom stereocenters. The normalized spacial score (nSPS) is 21.1. The summed E-state index contributed by atoms with van der Waals surface area (Å²) in [7, 11) is 0. The Labute approximate surface area is 122 Å². The van der Waals surface area contributed by atoms with E-state index >= 15 is 0 Å². The lowest BCUT2D eigenvalue weighted by Crippen LogP contribution is -2.40. The summed E-state index contributed by atoms with van der Waals surface area (Å²) in [6, 6.07) is 8.16. The molecule has 0 saturated heterocycles. The highest BCUT2D eigenvalue weighted by Gasteiger charge is 2.38. The topological polar surface area (TPSA) is 61.8 Å². The molecule has 3 nitrogen and oxygen atoms in total. The van der Waals surface area contributed by atoms with E-state index in [1.165, 1.54) is 6.42 Å². The van der Waals surface area contributed by atoms with Crippen LogP contribution in [0.2, 0.25) is 0 Å². The molecule has 0 amide bonds. The van der Waals surface area contributed by atoms with Crippen molar-refractivity contribution in [3.05, 3.63) is 23.8 Å². The minimum atomic E-state index is 0.359. The van der Waals surface area contributed by atoms with Crippen LogP contribution in [0.3, 0.4) is 0 Å². The molecule has 0 radical (unpaired) electrons. The van der Waals surface area contributed by atoms with E-state index in [9.17, 15) is 0 Å². The molecule has 1 saturated carbocycles. The highest BCUT2D eigenvalue weighted by Crippen LogP contribution is 2.46. The van der Waals surface area contributed by atoms with Gasteiger partial charge in [-0.25, -0.2) is 0 Å². The van der Waals surface area contributed by atoms with E-state index in [0.717, 1.165) is 18.5 Å². The lowest BCUT2D eigenvalue weighted by molar-refractivity contribution is 0.105. The predicted octanol–water partition coefficient (Wildman–Crippen LogP) is 4.16. The van der Waals surface area contributed by atoms with E-state index < -0.39 is 0 Å². The maximum atomic E-state index is 8.92. The molecule has 3 N–H and O–H groups in total. The second-order valence-electron chi connectivity index (χ2n) is 7.67. The summed E-state index contributed by atoms with van der Waals surface area (Å²) in [6.07, 6.45) is 3.58. The van der Waals surface area contributed by atoms with Gasteiger partial charge in [0.2, 0.25) is 0 Å². The van der Waals surface area contributed by atoms with Crippen molar-refractivity contribution < 1.29 is 0 Å². The van der Waals surface area contributed by atoms with Crippen molar-refractivity contribution in [3.63, 3.8) is 0 Å². The molecule has 0 unspecified atom stereocenters. The number of rotatable bonds is 2. The molecule has 0 aromatic heterocycles. The number of nitrogens with one attached hydrogen (secondary N) is 1. The fourth-order valence-electron chi connectivity index (χ4n) is 3.94. The number of hydrogen-bond donors (Lipinski definition) is 2. The number of anilines is 2. The number of nitrogens with two attached hydrogens (primary N) is 1. The standard InChI is InChI=1S/C17H25N3/c1-16(2)8-14(9-17(3,4)11-16)20-13-6-5-12(10-18)15(19)7-13/h5-7,14,20H,8-9,11,19H2,1-4H3. The van der Waals surface area contributed by atoms with Gasteiger partial charge in [-0.15, -0.1) is 0 Å². The molecular weight excluding hydrogens is 246 g/mol. The van der Waals surface area contributed by atoms with Gasteiger partial charge in [0.25, 0.3) is 0 Å². The second-order valence-corrected chi connectivity index (χ2v) is 7.67. The molecule has 1 aromatic carbocycles. The first-order chi connectivity index (χ1) is 9.21. The molecule has 2 rings (SSSR count). The minimum Gasteiger partial charge on any atom is -0.398 e. The van der Waals surface area contributed by atoms with Crippen molar-refractivity contribution in [1.82, 2.24) is 0 Å². The summed E-state index contributed by atoms with van der Waals surface area (Å²) < 4.78 is 0. The Morgan fingerprint density at radius 3 is 2.30 bits per heavy atom. The Morgan fingerprint density at radius 2 is 1.80 bits per heavy atom. The fourth-order valence-corrected chi connectivity index (χ4v) is 3.94. The van der Waals surface area contributed by atoms with Crippen LogP contribution in [0.25, 0.3) is 0 Å². The summed E-state index contributed by atoms with van der Waals surface area (Å²) in [5, 5.41) is 12.5. The van der Waals surface area contributed by atoms with Crippen LogP contribution < -0.4 is 11.1 Å². The summed E-state index contributed by atoms with van der Waals surface area (Å²) in [5.41, 5.74) is 8.70. The van der Waals surface area contributed by atoms with E-state index in [1.807, 2.05) is 12.1 Å². The van der Waals surface area contributed by atoms with Gasteiger partial charge in [0.1, 0.15) is 6.07 Å². The third kappa shape index (κ3) is 3.45. The molecule has 0 aliphatic heterocycles. The molecule has 1 aliphatic rings. The maximum absolute atomic E-state index is 8.92. The van der Waals surface area contributed by atoms with Gasteiger partial charge in [0.15, 0.2) is 0 Å². The van der Waals surface area contributed by atoms with Crippen LogP contribution in [0.5, 0.6) is 0 Å². The van der Waals surface area contributed by atoms with Crippen LogP contribution in [-0.4, -0.2) is 6.04 Å². The number of nitrogen functional groups attached to an aromatic ring is 1. The van der Waals surface area contributed by atoms with E-state index in [-0.39, 0.29) is 0 Å². The first-order valence-corrected chi connectivity index (χ1v) is 7.27. The molecule has 0 heterocycles. The average Bonchev–Trinajstić information content (AvgIpc) is 2.24. The zero-order valence-corrected chi connectivity index (χ0v) is 13.0. The molecule has 1 fully saturated rings. The van der Waals surface area contributed by atoms with E-state index in [4.69, 9.17) is 11.0 Å². The van der Waals surface area contributed by atoms with Gasteiger partial charge < -0.3 is 11.1 Å². The molecule has 108 valence electrons. The highest BCUT2D eigenvalue weighted by molar-refractivity contribution is 5.62. The zero-order valence-electron chi connectivity index (χ0n) is 13.0. The van der Waals surface area contributed by atoms with Gasteiger partial charge >= 0.3 is 0 Å². The van der Waals surface area contributed by atoms with Crippen molar-refractivity contribution in [1.29, 1.82) is 5.26 Å². The van der Waals surface area contributed by atoms with E-state index in [1.54, 1.807) is 6.07 Å². The van der Waals surface area contributed by atoms with Crippen LogP contribution in [-0.2, 0) is 0 Å². The first-order valence-electron chi connectivity index (χ1n) is 7.27. The molecular formula is C17H25N3. The second kappa shape index (κ2) is 5.01. The number of nitriles is 1. The molecule has 0 bridgehead atoms. The van der Waals surface area contributed by atoms with Gasteiger partial charge in [-0.2, -0.15) is 5.26 Å². The first kappa shape index (κ1) is 14.7. The summed E-state index contributed by atoms with van der Waals surface area (Å²) >= 11 is 0. The van der Waals surface area contributed by atoms with Gasteiger partial charge in [-0.1, -0.05) is 27.7 Å². The predicted molar refractivity (Wildman–Crippen MR) is 84.4 cm³/mol. The van der Waals surface area contributed by atoms with Crippen molar-refractivity contribution in [2.75, 3.05) is 11.1 Å². The molecule has 20 heavy (non-hydrogen) atoms. The van der Waals surface area contributed by atoms with Crippen molar-refractivity contribution in [2.45, 2.75) is 53.0 Å². The van der Waals surface area contributed by atoms with Crippen LogP contribution in [0.15, 0.2) is 18.2 Å². The Bertz CT molecular complexity index is 522. The minimum absolute atomic E-state index is 0.359. The lowest BCUT2D eigenvalue weighted by atomic mass is 9.63. The van der Waals surface area contributed by atoms with E-state index in [0.29, 0.717) is 28.1 Å². The van der Waals surface area contributed by atoms with Gasteiger partial charge in [-0.3, -0.25) is 0 Å². The number of nitrogens with zero attached hydrogens (tertiary/aromatic N) is 1. The Balaban J connectivity index is 2.14. The smallest absolute Gasteiger partial charge is 0.101 e. The van der Waals surface area contributed by atoms with Crippen molar-refractivity contribution >= 4 is 11.4 Å². The Morgan fingerprint density at radius 1 is 1.20 bits per heavy atom. The summed E-state index contributed by atoms with van der Waals surface area (Å²) in [4.78, 5) is 0. The van der Waals surface area contributed by atoms with Gasteiger partial charge in [0, 0.05) is 11.7 Å².